The van der Waals surface area contributed by atoms with Crippen molar-refractivity contribution >= 4 is 11.5 Å². The van der Waals surface area contributed by atoms with Gasteiger partial charge in [-0.2, -0.15) is 0 Å². The van der Waals surface area contributed by atoms with Crippen LogP contribution in [-0.4, -0.2) is 5.91 Å². The molecule has 19 heavy (non-hydrogen) atoms. The van der Waals surface area contributed by atoms with Gasteiger partial charge in [0.25, 0.3) is 0 Å². The fourth-order valence-corrected chi connectivity index (χ4v) is 3.20. The average Bonchev–Trinajstić information content (AvgIpc) is 3.12. The summed E-state index contributed by atoms with van der Waals surface area (Å²) in [6.07, 6.45) is 3.88. The number of carbonyl (C=O) groups is 1. The van der Waals surface area contributed by atoms with E-state index >= 15 is 0 Å². The maximum absolute atomic E-state index is 13.5. The molecule has 0 aromatic heterocycles. The molecule has 3 heteroatoms. The number of amides is 1. The topological polar surface area (TPSA) is 43.1 Å². The van der Waals surface area contributed by atoms with Crippen LogP contribution >= 0.6 is 0 Å². The molecule has 1 amide bonds. The Hall–Kier alpha value is -1.64. The Kier molecular flexibility index (Phi) is 2.92. The molecule has 2 aliphatic carbocycles. The molecule has 0 heterocycles. The van der Waals surface area contributed by atoms with E-state index in [1.54, 1.807) is 6.07 Å². The first-order chi connectivity index (χ1) is 9.11. The minimum Gasteiger partial charge on any atom is -0.366 e. The average molecular weight is 259 g/mol. The third-order valence-corrected chi connectivity index (χ3v) is 4.30. The molecule has 1 aromatic rings. The zero-order chi connectivity index (χ0) is 13.6. The van der Waals surface area contributed by atoms with E-state index in [0.29, 0.717) is 11.8 Å². The van der Waals surface area contributed by atoms with Crippen LogP contribution in [0.15, 0.2) is 23.8 Å². The van der Waals surface area contributed by atoms with Crippen molar-refractivity contribution in [2.24, 2.45) is 11.7 Å². The van der Waals surface area contributed by atoms with Crippen molar-refractivity contribution in [3.05, 3.63) is 40.7 Å². The van der Waals surface area contributed by atoms with E-state index in [0.717, 1.165) is 42.4 Å². The fourth-order valence-electron chi connectivity index (χ4n) is 3.20. The van der Waals surface area contributed by atoms with Gasteiger partial charge in [-0.05, 0) is 66.4 Å². The lowest BCUT2D eigenvalue weighted by Gasteiger charge is -2.08. The second-order valence-corrected chi connectivity index (χ2v) is 5.57. The Morgan fingerprint density at radius 1 is 1.42 bits per heavy atom. The van der Waals surface area contributed by atoms with E-state index in [9.17, 15) is 9.18 Å². The van der Waals surface area contributed by atoms with E-state index in [1.807, 2.05) is 6.07 Å². The van der Waals surface area contributed by atoms with Crippen molar-refractivity contribution in [1.29, 1.82) is 0 Å². The Labute approximate surface area is 112 Å². The lowest BCUT2D eigenvalue weighted by molar-refractivity contribution is -0.114. The lowest BCUT2D eigenvalue weighted by atomic mass is 9.97. The molecule has 1 atom stereocenters. The first kappa shape index (κ1) is 12.4. The summed E-state index contributed by atoms with van der Waals surface area (Å²) in [7, 11) is 0. The molecule has 2 aliphatic rings. The van der Waals surface area contributed by atoms with Gasteiger partial charge in [0, 0.05) is 5.57 Å². The molecule has 0 bridgehead atoms. The fraction of sp³-hybridized carbons (Fsp3) is 0.438. The molecule has 1 aromatic carbocycles. The third kappa shape index (κ3) is 2.07. The number of benzene rings is 1. The van der Waals surface area contributed by atoms with Gasteiger partial charge in [-0.1, -0.05) is 13.0 Å². The monoisotopic (exact) mass is 259 g/mol. The molecule has 0 radical (unpaired) electrons. The van der Waals surface area contributed by atoms with Crippen molar-refractivity contribution < 1.29 is 9.18 Å². The van der Waals surface area contributed by atoms with Gasteiger partial charge < -0.3 is 5.73 Å². The molecule has 3 rings (SSSR count). The molecular formula is C16H18FNO. The van der Waals surface area contributed by atoms with E-state index < -0.39 is 0 Å². The zero-order valence-electron chi connectivity index (χ0n) is 11.1. The van der Waals surface area contributed by atoms with Gasteiger partial charge in [0.05, 0.1) is 0 Å². The summed E-state index contributed by atoms with van der Waals surface area (Å²) in [4.78, 5) is 11.7. The van der Waals surface area contributed by atoms with E-state index in [1.165, 1.54) is 11.6 Å². The molecule has 100 valence electrons. The molecule has 2 nitrogen and oxygen atoms in total. The summed E-state index contributed by atoms with van der Waals surface area (Å²) in [5.41, 5.74) is 9.37. The van der Waals surface area contributed by atoms with Crippen LogP contribution in [0.2, 0.25) is 0 Å². The highest BCUT2D eigenvalue weighted by molar-refractivity contribution is 6.02. The number of carbonyl (C=O) groups excluding carboxylic acids is 1. The summed E-state index contributed by atoms with van der Waals surface area (Å²) in [6.45, 7) is 2.13. The van der Waals surface area contributed by atoms with Gasteiger partial charge in [-0.3, -0.25) is 4.79 Å². The summed E-state index contributed by atoms with van der Waals surface area (Å²) in [5.74, 6) is 0.120. The quantitative estimate of drug-likeness (QED) is 0.831. The highest BCUT2D eigenvalue weighted by atomic mass is 19.1. The van der Waals surface area contributed by atoms with E-state index in [4.69, 9.17) is 5.73 Å². The number of rotatable bonds is 3. The van der Waals surface area contributed by atoms with Crippen LogP contribution in [0.4, 0.5) is 4.39 Å². The van der Waals surface area contributed by atoms with Crippen LogP contribution in [0.1, 0.15) is 49.7 Å². The van der Waals surface area contributed by atoms with Gasteiger partial charge in [0.2, 0.25) is 5.91 Å². The number of allylic oxidation sites excluding steroid dienone is 1. The summed E-state index contributed by atoms with van der Waals surface area (Å²) >= 11 is 0. The van der Waals surface area contributed by atoms with Crippen molar-refractivity contribution in [2.45, 2.75) is 38.5 Å². The minimum atomic E-state index is -0.329. The molecule has 0 saturated heterocycles. The van der Waals surface area contributed by atoms with Crippen LogP contribution in [0.25, 0.3) is 5.57 Å². The normalized spacial score (nSPS) is 24.2. The number of fused-ring (bicyclic) bond motifs is 1. The molecule has 1 saturated carbocycles. The highest BCUT2D eigenvalue weighted by Gasteiger charge is 2.36. The zero-order valence-corrected chi connectivity index (χ0v) is 11.1. The predicted molar refractivity (Wildman–Crippen MR) is 72.9 cm³/mol. The molecule has 1 fully saturated rings. The molecule has 2 N–H and O–H groups in total. The largest absolute Gasteiger partial charge is 0.366 e. The Morgan fingerprint density at radius 3 is 2.74 bits per heavy atom. The van der Waals surface area contributed by atoms with Crippen molar-refractivity contribution in [3.63, 3.8) is 0 Å². The maximum Gasteiger partial charge on any atom is 0.245 e. The lowest BCUT2D eigenvalue weighted by Crippen LogP contribution is -2.16. The highest BCUT2D eigenvalue weighted by Crippen LogP contribution is 2.49. The minimum absolute atomic E-state index is 0.243. The van der Waals surface area contributed by atoms with Gasteiger partial charge >= 0.3 is 0 Å². The molecule has 0 spiro atoms. The van der Waals surface area contributed by atoms with E-state index in [-0.39, 0.29) is 11.7 Å². The van der Waals surface area contributed by atoms with Crippen molar-refractivity contribution in [3.8, 4) is 0 Å². The first-order valence-corrected chi connectivity index (χ1v) is 6.94. The van der Waals surface area contributed by atoms with Crippen LogP contribution in [0.3, 0.4) is 0 Å². The summed E-state index contributed by atoms with van der Waals surface area (Å²) < 4.78 is 13.5. The molecule has 1 unspecified atom stereocenters. The van der Waals surface area contributed by atoms with Crippen molar-refractivity contribution in [1.82, 2.24) is 0 Å². The van der Waals surface area contributed by atoms with Crippen LogP contribution < -0.4 is 5.73 Å². The summed E-state index contributed by atoms with van der Waals surface area (Å²) in [5, 5.41) is 0. The van der Waals surface area contributed by atoms with E-state index in [2.05, 4.69) is 6.92 Å². The van der Waals surface area contributed by atoms with Crippen LogP contribution in [0, 0.1) is 11.7 Å². The van der Waals surface area contributed by atoms with Gasteiger partial charge in [0.1, 0.15) is 5.82 Å². The van der Waals surface area contributed by atoms with Crippen LogP contribution in [-0.2, 0) is 4.79 Å². The maximum atomic E-state index is 13.5. The Balaban J connectivity index is 2.17. The Bertz CT molecular complexity index is 572. The second kappa shape index (κ2) is 4.48. The summed E-state index contributed by atoms with van der Waals surface area (Å²) in [6, 6.07) is 4.93. The smallest absolute Gasteiger partial charge is 0.245 e. The van der Waals surface area contributed by atoms with Crippen molar-refractivity contribution in [2.75, 3.05) is 0 Å². The second-order valence-electron chi connectivity index (χ2n) is 5.57. The van der Waals surface area contributed by atoms with Gasteiger partial charge in [-0.25, -0.2) is 4.39 Å². The standard InChI is InChI=1S/C16H18FNO/c1-2-9-7-14(15(16(18)19)10-3-4-10)13-8-11(17)5-6-12(9)13/h5-6,8-10H,2-4,7H2,1H3,(H2,18,19). The third-order valence-electron chi connectivity index (χ3n) is 4.30. The molecular weight excluding hydrogens is 241 g/mol. The SMILES string of the molecule is CCC1CC(=C(C(N)=O)C2CC2)c2cc(F)ccc21. The van der Waals surface area contributed by atoms with Crippen LogP contribution in [0.5, 0.6) is 0 Å². The Morgan fingerprint density at radius 2 is 2.16 bits per heavy atom. The predicted octanol–water partition coefficient (Wildman–Crippen LogP) is 3.37. The number of halogens is 1. The van der Waals surface area contributed by atoms with Gasteiger partial charge in [-0.15, -0.1) is 0 Å². The number of hydrogen-bond acceptors (Lipinski definition) is 1. The van der Waals surface area contributed by atoms with Gasteiger partial charge in [0.15, 0.2) is 0 Å². The first-order valence-electron chi connectivity index (χ1n) is 6.94. The number of nitrogens with two attached hydrogens (primary N) is 1. The number of primary amides is 1. The molecule has 0 aliphatic heterocycles. The number of hydrogen-bond donors (Lipinski definition) is 1.